The van der Waals surface area contributed by atoms with Gasteiger partial charge in [-0.3, -0.25) is 0 Å². The zero-order valence-corrected chi connectivity index (χ0v) is 10.1. The third-order valence-electron chi connectivity index (χ3n) is 1.75. The lowest BCUT2D eigenvalue weighted by atomic mass is 10.4. The van der Waals surface area contributed by atoms with E-state index in [9.17, 15) is 13.2 Å². The van der Waals surface area contributed by atoms with E-state index in [0.29, 0.717) is 11.3 Å². The SMILES string of the molecule is C=CC(C)NS(=O)(=O)c1ccc(C(=O)O)s1. The number of sulfonamides is 1. The molecule has 0 fully saturated rings. The van der Waals surface area contributed by atoms with Crippen molar-refractivity contribution in [2.75, 3.05) is 0 Å². The molecule has 5 nitrogen and oxygen atoms in total. The Morgan fingerprint density at radius 3 is 2.69 bits per heavy atom. The molecule has 0 aromatic carbocycles. The molecular formula is C9H11NO4S2. The normalized spacial score (nSPS) is 13.3. The number of carbonyl (C=O) groups is 1. The van der Waals surface area contributed by atoms with Crippen molar-refractivity contribution in [1.29, 1.82) is 0 Å². The largest absolute Gasteiger partial charge is 0.477 e. The number of carboxylic acids is 1. The second-order valence-corrected chi connectivity index (χ2v) is 6.09. The first kappa shape index (κ1) is 12.9. The molecule has 88 valence electrons. The van der Waals surface area contributed by atoms with Gasteiger partial charge in [0.05, 0.1) is 0 Å². The number of rotatable bonds is 5. The lowest BCUT2D eigenvalue weighted by Gasteiger charge is -2.07. The van der Waals surface area contributed by atoms with Crippen LogP contribution in [0.15, 0.2) is 29.0 Å². The van der Waals surface area contributed by atoms with Crippen LogP contribution < -0.4 is 4.72 Å². The molecule has 0 spiro atoms. The number of hydrogen-bond donors (Lipinski definition) is 2. The molecule has 0 radical (unpaired) electrons. The third-order valence-corrected chi connectivity index (χ3v) is 4.88. The lowest BCUT2D eigenvalue weighted by molar-refractivity contribution is 0.0702. The van der Waals surface area contributed by atoms with Gasteiger partial charge in [0.15, 0.2) is 0 Å². The highest BCUT2D eigenvalue weighted by atomic mass is 32.2. The van der Waals surface area contributed by atoms with Gasteiger partial charge in [0, 0.05) is 6.04 Å². The molecule has 1 atom stereocenters. The summed E-state index contributed by atoms with van der Waals surface area (Å²) in [7, 11) is -3.65. The van der Waals surface area contributed by atoms with E-state index >= 15 is 0 Å². The van der Waals surface area contributed by atoms with Crippen molar-refractivity contribution >= 4 is 27.3 Å². The summed E-state index contributed by atoms with van der Waals surface area (Å²) in [5.41, 5.74) is 0. The summed E-state index contributed by atoms with van der Waals surface area (Å²) in [6.07, 6.45) is 1.45. The standard InChI is InChI=1S/C9H11NO4S2/c1-3-6(2)10-16(13,14)8-5-4-7(15-8)9(11)12/h3-6,10H,1H2,2H3,(H,11,12). The number of carboxylic acid groups (broad SMARTS) is 1. The van der Waals surface area contributed by atoms with E-state index in [0.717, 1.165) is 0 Å². The van der Waals surface area contributed by atoms with Gasteiger partial charge >= 0.3 is 5.97 Å². The van der Waals surface area contributed by atoms with Crippen LogP contribution in [-0.4, -0.2) is 25.5 Å². The van der Waals surface area contributed by atoms with Gasteiger partial charge in [0.2, 0.25) is 0 Å². The smallest absolute Gasteiger partial charge is 0.345 e. The van der Waals surface area contributed by atoms with Crippen molar-refractivity contribution in [3.63, 3.8) is 0 Å². The Hall–Kier alpha value is -1.18. The summed E-state index contributed by atoms with van der Waals surface area (Å²) >= 11 is 0.716. The van der Waals surface area contributed by atoms with E-state index in [1.807, 2.05) is 0 Å². The maximum Gasteiger partial charge on any atom is 0.345 e. The number of aromatic carboxylic acids is 1. The molecule has 0 bridgehead atoms. The maximum absolute atomic E-state index is 11.7. The molecule has 2 N–H and O–H groups in total. The van der Waals surface area contributed by atoms with Gasteiger partial charge in [0.25, 0.3) is 10.0 Å². The predicted octanol–water partition coefficient (Wildman–Crippen LogP) is 1.30. The zero-order valence-electron chi connectivity index (χ0n) is 8.50. The quantitative estimate of drug-likeness (QED) is 0.782. The van der Waals surface area contributed by atoms with Crippen LogP contribution in [0, 0.1) is 0 Å². The van der Waals surface area contributed by atoms with E-state index in [2.05, 4.69) is 11.3 Å². The number of nitrogens with one attached hydrogen (secondary N) is 1. The molecule has 1 rings (SSSR count). The molecule has 0 aliphatic carbocycles. The highest BCUT2D eigenvalue weighted by Gasteiger charge is 2.19. The van der Waals surface area contributed by atoms with Crippen molar-refractivity contribution < 1.29 is 18.3 Å². The molecule has 1 heterocycles. The summed E-state index contributed by atoms with van der Waals surface area (Å²) in [5, 5.41) is 8.67. The fourth-order valence-corrected chi connectivity index (χ4v) is 3.31. The maximum atomic E-state index is 11.7. The Bertz CT molecular complexity index is 503. The Kier molecular flexibility index (Phi) is 3.84. The van der Waals surface area contributed by atoms with Crippen LogP contribution in [0.3, 0.4) is 0 Å². The molecule has 0 aliphatic heterocycles. The van der Waals surface area contributed by atoms with Gasteiger partial charge in [-0.25, -0.2) is 17.9 Å². The number of hydrogen-bond acceptors (Lipinski definition) is 4. The van der Waals surface area contributed by atoms with Crippen molar-refractivity contribution in [1.82, 2.24) is 4.72 Å². The average Bonchev–Trinajstić information content (AvgIpc) is 2.66. The first-order chi connectivity index (χ1) is 7.36. The van der Waals surface area contributed by atoms with Crippen LogP contribution in [0.25, 0.3) is 0 Å². The van der Waals surface area contributed by atoms with Crippen LogP contribution in [0.1, 0.15) is 16.6 Å². The molecule has 0 amide bonds. The average molecular weight is 261 g/mol. The van der Waals surface area contributed by atoms with Gasteiger partial charge in [-0.1, -0.05) is 6.08 Å². The molecule has 7 heteroatoms. The van der Waals surface area contributed by atoms with Crippen LogP contribution >= 0.6 is 11.3 Å². The summed E-state index contributed by atoms with van der Waals surface area (Å²) in [5.74, 6) is -1.14. The topological polar surface area (TPSA) is 83.5 Å². The van der Waals surface area contributed by atoms with E-state index < -0.39 is 22.0 Å². The predicted molar refractivity (Wildman–Crippen MR) is 61.3 cm³/mol. The van der Waals surface area contributed by atoms with Crippen LogP contribution in [-0.2, 0) is 10.0 Å². The molecule has 1 aromatic rings. The van der Waals surface area contributed by atoms with Crippen LogP contribution in [0.4, 0.5) is 0 Å². The van der Waals surface area contributed by atoms with Gasteiger partial charge in [-0.15, -0.1) is 17.9 Å². The van der Waals surface area contributed by atoms with Crippen molar-refractivity contribution in [2.45, 2.75) is 17.2 Å². The first-order valence-electron chi connectivity index (χ1n) is 4.35. The van der Waals surface area contributed by atoms with E-state index in [4.69, 9.17) is 5.11 Å². The second kappa shape index (κ2) is 4.77. The second-order valence-electron chi connectivity index (χ2n) is 3.07. The highest BCUT2D eigenvalue weighted by Crippen LogP contribution is 2.21. The van der Waals surface area contributed by atoms with E-state index in [-0.39, 0.29) is 9.09 Å². The van der Waals surface area contributed by atoms with Gasteiger partial charge < -0.3 is 5.11 Å². The van der Waals surface area contributed by atoms with Gasteiger partial charge in [-0.05, 0) is 19.1 Å². The third kappa shape index (κ3) is 2.91. The molecular weight excluding hydrogens is 250 g/mol. The molecule has 0 aliphatic rings. The Balaban J connectivity index is 2.99. The summed E-state index contributed by atoms with van der Waals surface area (Å²) in [4.78, 5) is 10.6. The summed E-state index contributed by atoms with van der Waals surface area (Å²) in [6, 6.07) is 2.13. The van der Waals surface area contributed by atoms with Crippen LogP contribution in [0.2, 0.25) is 0 Å². The Morgan fingerprint density at radius 2 is 2.25 bits per heavy atom. The Labute approximate surface area is 97.5 Å². The minimum atomic E-state index is -3.65. The fraction of sp³-hybridized carbons (Fsp3) is 0.222. The lowest BCUT2D eigenvalue weighted by Crippen LogP contribution is -2.30. The number of thiophene rings is 1. The van der Waals surface area contributed by atoms with E-state index in [1.165, 1.54) is 18.2 Å². The molecule has 1 aromatic heterocycles. The van der Waals surface area contributed by atoms with E-state index in [1.54, 1.807) is 6.92 Å². The van der Waals surface area contributed by atoms with Crippen molar-refractivity contribution in [3.05, 3.63) is 29.7 Å². The Morgan fingerprint density at radius 1 is 1.62 bits per heavy atom. The summed E-state index contributed by atoms with van der Waals surface area (Å²) < 4.78 is 25.7. The first-order valence-corrected chi connectivity index (χ1v) is 6.65. The molecule has 1 unspecified atom stereocenters. The fourth-order valence-electron chi connectivity index (χ4n) is 0.930. The molecule has 0 saturated carbocycles. The van der Waals surface area contributed by atoms with Gasteiger partial charge in [-0.2, -0.15) is 0 Å². The minimum Gasteiger partial charge on any atom is -0.477 e. The highest BCUT2D eigenvalue weighted by molar-refractivity contribution is 7.91. The molecule has 0 saturated heterocycles. The van der Waals surface area contributed by atoms with Crippen molar-refractivity contribution in [3.8, 4) is 0 Å². The van der Waals surface area contributed by atoms with Crippen molar-refractivity contribution in [2.24, 2.45) is 0 Å². The van der Waals surface area contributed by atoms with Crippen LogP contribution in [0.5, 0.6) is 0 Å². The minimum absolute atomic E-state index is 0.00775. The van der Waals surface area contributed by atoms with Gasteiger partial charge in [0.1, 0.15) is 9.09 Å². The summed E-state index contributed by atoms with van der Waals surface area (Å²) in [6.45, 7) is 5.09. The zero-order chi connectivity index (χ0) is 12.3. The molecule has 16 heavy (non-hydrogen) atoms. The monoisotopic (exact) mass is 261 g/mol.